The normalized spacial score (nSPS) is 16.6. The molecule has 0 amide bonds. The van der Waals surface area contributed by atoms with Crippen molar-refractivity contribution in [3.63, 3.8) is 0 Å². The van der Waals surface area contributed by atoms with E-state index in [2.05, 4.69) is 27.3 Å². The Morgan fingerprint density at radius 1 is 1.29 bits per heavy atom. The molecule has 0 fully saturated rings. The van der Waals surface area contributed by atoms with Crippen LogP contribution in [0.2, 0.25) is 0 Å². The van der Waals surface area contributed by atoms with E-state index in [1.807, 2.05) is 12.1 Å². The summed E-state index contributed by atoms with van der Waals surface area (Å²) in [6.07, 6.45) is 1.75. The van der Waals surface area contributed by atoms with Crippen molar-refractivity contribution in [3.8, 4) is 0 Å². The zero-order chi connectivity index (χ0) is 15.0. The number of hydrogen-bond acceptors (Lipinski definition) is 3. The fourth-order valence-corrected chi connectivity index (χ4v) is 3.07. The smallest absolute Gasteiger partial charge is 0.271 e. The highest BCUT2D eigenvalue weighted by Crippen LogP contribution is 2.36. The maximum Gasteiger partial charge on any atom is 0.271 e. The third kappa shape index (κ3) is 2.76. The second-order valence-corrected chi connectivity index (χ2v) is 5.92. The molecule has 2 aromatic rings. The second-order valence-electron chi connectivity index (χ2n) is 5.00. The maximum atomic E-state index is 13.8. The van der Waals surface area contributed by atoms with E-state index in [4.69, 9.17) is 0 Å². The third-order valence-corrected chi connectivity index (χ3v) is 4.17. The molecule has 0 spiro atoms. The standard InChI is InChI=1S/C15H12BrFN2O2/c16-10-2-4-12-9(7-10)1-6-14(12)18-15-8-11(19(20)21)3-5-13(15)17/h2-5,7-8,14,18H,1,6H2. The molecule has 2 aromatic carbocycles. The predicted molar refractivity (Wildman–Crippen MR) is 81.9 cm³/mol. The summed E-state index contributed by atoms with van der Waals surface area (Å²) < 4.78 is 14.9. The molecule has 108 valence electrons. The minimum absolute atomic E-state index is 0.0235. The second kappa shape index (κ2) is 5.44. The van der Waals surface area contributed by atoms with Crippen molar-refractivity contribution in [2.24, 2.45) is 0 Å². The zero-order valence-electron chi connectivity index (χ0n) is 11.0. The van der Waals surface area contributed by atoms with E-state index in [9.17, 15) is 14.5 Å². The van der Waals surface area contributed by atoms with E-state index in [0.717, 1.165) is 28.9 Å². The van der Waals surface area contributed by atoms with Gasteiger partial charge in [0.2, 0.25) is 0 Å². The van der Waals surface area contributed by atoms with E-state index in [-0.39, 0.29) is 17.4 Å². The van der Waals surface area contributed by atoms with Crippen LogP contribution in [0.5, 0.6) is 0 Å². The fraction of sp³-hybridized carbons (Fsp3) is 0.200. The predicted octanol–water partition coefficient (Wildman–Crippen LogP) is 4.60. The van der Waals surface area contributed by atoms with Crippen LogP contribution in [-0.4, -0.2) is 4.92 Å². The van der Waals surface area contributed by atoms with Gasteiger partial charge in [0.15, 0.2) is 0 Å². The Kier molecular flexibility index (Phi) is 3.63. The number of aryl methyl sites for hydroxylation is 1. The molecule has 4 nitrogen and oxygen atoms in total. The molecule has 1 unspecified atom stereocenters. The molecular weight excluding hydrogens is 339 g/mol. The molecule has 6 heteroatoms. The van der Waals surface area contributed by atoms with Crippen molar-refractivity contribution in [2.75, 3.05) is 5.32 Å². The van der Waals surface area contributed by atoms with Gasteiger partial charge < -0.3 is 5.32 Å². The van der Waals surface area contributed by atoms with Crippen LogP contribution >= 0.6 is 15.9 Å². The quantitative estimate of drug-likeness (QED) is 0.650. The largest absolute Gasteiger partial charge is 0.376 e. The molecule has 0 radical (unpaired) electrons. The fourth-order valence-electron chi connectivity index (χ4n) is 2.66. The Balaban J connectivity index is 1.89. The van der Waals surface area contributed by atoms with Gasteiger partial charge in [-0.15, -0.1) is 0 Å². The number of benzene rings is 2. The lowest BCUT2D eigenvalue weighted by Crippen LogP contribution is -2.08. The summed E-state index contributed by atoms with van der Waals surface area (Å²) in [6.45, 7) is 0. The number of anilines is 1. The molecule has 3 rings (SSSR count). The van der Waals surface area contributed by atoms with E-state index < -0.39 is 10.7 Å². The highest BCUT2D eigenvalue weighted by molar-refractivity contribution is 9.10. The Morgan fingerprint density at radius 2 is 2.10 bits per heavy atom. The van der Waals surface area contributed by atoms with E-state index >= 15 is 0 Å². The van der Waals surface area contributed by atoms with Gasteiger partial charge in [-0.3, -0.25) is 10.1 Å². The van der Waals surface area contributed by atoms with Crippen LogP contribution in [0.3, 0.4) is 0 Å². The number of nitrogens with zero attached hydrogens (tertiary/aromatic N) is 1. The van der Waals surface area contributed by atoms with Crippen molar-refractivity contribution >= 4 is 27.3 Å². The summed E-state index contributed by atoms with van der Waals surface area (Å²) in [4.78, 5) is 10.3. The molecule has 0 aromatic heterocycles. The molecule has 1 atom stereocenters. The van der Waals surface area contributed by atoms with Crippen molar-refractivity contribution in [3.05, 3.63) is 67.9 Å². The number of rotatable bonds is 3. The number of non-ortho nitro benzene ring substituents is 1. The summed E-state index contributed by atoms with van der Waals surface area (Å²) in [6, 6.07) is 9.51. The van der Waals surface area contributed by atoms with E-state index in [1.54, 1.807) is 0 Å². The van der Waals surface area contributed by atoms with Crippen LogP contribution in [0.4, 0.5) is 15.8 Å². The molecule has 1 N–H and O–H groups in total. The van der Waals surface area contributed by atoms with Crippen LogP contribution in [0.25, 0.3) is 0 Å². The lowest BCUT2D eigenvalue weighted by atomic mass is 10.1. The van der Waals surface area contributed by atoms with Crippen LogP contribution in [0.1, 0.15) is 23.6 Å². The van der Waals surface area contributed by atoms with Crippen molar-refractivity contribution < 1.29 is 9.31 Å². The average molecular weight is 351 g/mol. The van der Waals surface area contributed by atoms with Gasteiger partial charge in [-0.2, -0.15) is 0 Å². The zero-order valence-corrected chi connectivity index (χ0v) is 12.6. The molecule has 0 heterocycles. The molecule has 21 heavy (non-hydrogen) atoms. The van der Waals surface area contributed by atoms with Gasteiger partial charge in [0, 0.05) is 16.6 Å². The van der Waals surface area contributed by atoms with Gasteiger partial charge in [-0.25, -0.2) is 4.39 Å². The average Bonchev–Trinajstić information content (AvgIpc) is 2.83. The number of nitrogens with one attached hydrogen (secondary N) is 1. The molecule has 0 aliphatic heterocycles. The topological polar surface area (TPSA) is 55.2 Å². The van der Waals surface area contributed by atoms with Gasteiger partial charge in [0.1, 0.15) is 5.82 Å². The molecule has 1 aliphatic carbocycles. The van der Waals surface area contributed by atoms with Crippen LogP contribution in [0, 0.1) is 15.9 Å². The monoisotopic (exact) mass is 350 g/mol. The number of nitro benzene ring substituents is 1. The summed E-state index contributed by atoms with van der Waals surface area (Å²) in [7, 11) is 0. The highest BCUT2D eigenvalue weighted by atomic mass is 79.9. The Hall–Kier alpha value is -1.95. The van der Waals surface area contributed by atoms with Crippen molar-refractivity contribution in [1.82, 2.24) is 0 Å². The molecule has 0 saturated carbocycles. The first-order chi connectivity index (χ1) is 10.0. The minimum Gasteiger partial charge on any atom is -0.376 e. The SMILES string of the molecule is O=[N+]([O-])c1ccc(F)c(NC2CCc3cc(Br)ccc32)c1. The molecule has 1 aliphatic rings. The minimum atomic E-state index is -0.523. The van der Waals surface area contributed by atoms with Gasteiger partial charge in [-0.1, -0.05) is 22.0 Å². The first kappa shape index (κ1) is 14.0. The third-order valence-electron chi connectivity index (χ3n) is 3.67. The Morgan fingerprint density at radius 3 is 2.86 bits per heavy atom. The number of halogens is 2. The maximum absolute atomic E-state index is 13.8. The van der Waals surface area contributed by atoms with Gasteiger partial charge in [0.05, 0.1) is 16.7 Å². The van der Waals surface area contributed by atoms with Gasteiger partial charge in [0.25, 0.3) is 5.69 Å². The summed E-state index contributed by atoms with van der Waals surface area (Å²) in [5.74, 6) is -0.480. The molecule has 0 saturated heterocycles. The summed E-state index contributed by atoms with van der Waals surface area (Å²) in [5, 5.41) is 13.9. The number of hydrogen-bond donors (Lipinski definition) is 1. The first-order valence-electron chi connectivity index (χ1n) is 6.53. The highest BCUT2D eigenvalue weighted by Gasteiger charge is 2.24. The lowest BCUT2D eigenvalue weighted by Gasteiger charge is -2.16. The first-order valence-corrected chi connectivity index (χ1v) is 7.32. The van der Waals surface area contributed by atoms with Gasteiger partial charge >= 0.3 is 0 Å². The van der Waals surface area contributed by atoms with Crippen LogP contribution in [0.15, 0.2) is 40.9 Å². The summed E-state index contributed by atoms with van der Waals surface area (Å²) >= 11 is 3.43. The van der Waals surface area contributed by atoms with Crippen molar-refractivity contribution in [2.45, 2.75) is 18.9 Å². The molecular formula is C15H12BrFN2O2. The van der Waals surface area contributed by atoms with Gasteiger partial charge in [-0.05, 0) is 42.2 Å². The van der Waals surface area contributed by atoms with Crippen LogP contribution < -0.4 is 5.32 Å². The molecule has 0 bridgehead atoms. The summed E-state index contributed by atoms with van der Waals surface area (Å²) in [5.41, 5.74) is 2.38. The van der Waals surface area contributed by atoms with E-state index in [1.165, 1.54) is 17.7 Å². The van der Waals surface area contributed by atoms with Crippen molar-refractivity contribution in [1.29, 1.82) is 0 Å². The van der Waals surface area contributed by atoms with Crippen LogP contribution in [-0.2, 0) is 6.42 Å². The Labute approximate surface area is 129 Å². The number of nitro groups is 1. The Bertz CT molecular complexity index is 721. The van der Waals surface area contributed by atoms with E-state index in [0.29, 0.717) is 0 Å². The number of fused-ring (bicyclic) bond motifs is 1. The lowest BCUT2D eigenvalue weighted by molar-refractivity contribution is -0.384.